The molecule has 0 bridgehead atoms. The SMILES string of the molecule is CC(C)CC(NC(=O)C(Cc1cnc[nH]1)NC(=O)C(Cc1ccccc1)NC(=O)C1CCCN1C(=O)C(Cc1cnc[nH]1)NC(=O)C1CCCN1)C(=O)NC(CC(C)C)C(=O)NC(C(=O)NC(Cc1ccc(O)cc1)C(=O)NC(CCCCN)C(=O)O)C(C)C. The Morgan fingerprint density at radius 1 is 0.567 bits per heavy atom. The summed E-state index contributed by atoms with van der Waals surface area (Å²) in [5.74, 6) is -8.34. The fourth-order valence-corrected chi connectivity index (χ4v) is 11.0. The molecule has 10 atom stereocenters. The third kappa shape index (κ3) is 21.8. The molecule has 90 heavy (non-hydrogen) atoms. The third-order valence-corrected chi connectivity index (χ3v) is 15.8. The number of hydrogen-bond donors (Lipinski definition) is 14. The maximum atomic E-state index is 14.8. The number of H-pyrrole nitrogens is 2. The Labute approximate surface area is 524 Å². The van der Waals surface area contributed by atoms with Gasteiger partial charge in [-0.15, -0.1) is 0 Å². The van der Waals surface area contributed by atoms with Crippen molar-refractivity contribution in [2.45, 2.75) is 185 Å². The first-order valence-corrected chi connectivity index (χ1v) is 31.2. The van der Waals surface area contributed by atoms with Crippen molar-refractivity contribution >= 4 is 59.1 Å². The lowest BCUT2D eigenvalue weighted by atomic mass is 9.97. The number of phenols is 1. The minimum atomic E-state index is -1.38. The van der Waals surface area contributed by atoms with Crippen LogP contribution in [-0.2, 0) is 73.6 Å². The zero-order valence-electron chi connectivity index (χ0n) is 52.2. The summed E-state index contributed by atoms with van der Waals surface area (Å²) < 4.78 is 0. The van der Waals surface area contributed by atoms with Crippen LogP contribution in [0.2, 0.25) is 0 Å². The molecule has 2 aromatic heterocycles. The maximum Gasteiger partial charge on any atom is 0.326 e. The number of amides is 9. The van der Waals surface area contributed by atoms with Crippen LogP contribution in [0.15, 0.2) is 79.6 Å². The lowest BCUT2D eigenvalue weighted by molar-refractivity contribution is -0.142. The van der Waals surface area contributed by atoms with Gasteiger partial charge in [0.2, 0.25) is 53.2 Å². The van der Waals surface area contributed by atoms with Crippen LogP contribution in [0.3, 0.4) is 0 Å². The number of carboxylic acid groups (broad SMARTS) is 1. The van der Waals surface area contributed by atoms with E-state index >= 15 is 0 Å². The Morgan fingerprint density at radius 2 is 1.07 bits per heavy atom. The summed E-state index contributed by atoms with van der Waals surface area (Å²) in [6, 6.07) is 3.14. The number of imidazole rings is 2. The number of benzene rings is 2. The lowest BCUT2D eigenvalue weighted by Gasteiger charge is -2.31. The molecule has 10 unspecified atom stereocenters. The Morgan fingerprint density at radius 3 is 1.59 bits per heavy atom. The number of aromatic nitrogens is 4. The first-order chi connectivity index (χ1) is 43.0. The number of carbonyl (C=O) groups excluding carboxylic acids is 9. The fraction of sp³-hybridized carbons (Fsp3) is 0.556. The number of aromatic amines is 2. The van der Waals surface area contributed by atoms with Gasteiger partial charge in [0.15, 0.2) is 0 Å². The van der Waals surface area contributed by atoms with Crippen molar-refractivity contribution in [1.29, 1.82) is 0 Å². The Balaban J connectivity index is 1.19. The lowest BCUT2D eigenvalue weighted by Crippen LogP contribution is -2.61. The second kappa shape index (κ2) is 34.9. The van der Waals surface area contributed by atoms with Crippen LogP contribution >= 0.6 is 0 Å². The minimum Gasteiger partial charge on any atom is -0.508 e. The molecule has 2 aliphatic heterocycles. The van der Waals surface area contributed by atoms with Crippen molar-refractivity contribution in [3.8, 4) is 5.75 Å². The zero-order chi connectivity index (χ0) is 65.4. The highest BCUT2D eigenvalue weighted by atomic mass is 16.4. The molecule has 6 rings (SSSR count). The second-order valence-electron chi connectivity index (χ2n) is 24.5. The number of hydrogen-bond acceptors (Lipinski definition) is 15. The van der Waals surface area contributed by atoms with Gasteiger partial charge in [0.25, 0.3) is 0 Å². The quantitative estimate of drug-likeness (QED) is 0.0282. The van der Waals surface area contributed by atoms with Gasteiger partial charge >= 0.3 is 5.97 Å². The Bertz CT molecular complexity index is 2990. The molecule has 4 heterocycles. The van der Waals surface area contributed by atoms with Crippen molar-refractivity contribution < 1.29 is 58.2 Å². The number of carboxylic acids is 1. The van der Waals surface area contributed by atoms with E-state index in [4.69, 9.17) is 5.73 Å². The van der Waals surface area contributed by atoms with Crippen LogP contribution in [0.5, 0.6) is 5.75 Å². The van der Waals surface area contributed by atoms with Gasteiger partial charge < -0.3 is 78.7 Å². The van der Waals surface area contributed by atoms with Gasteiger partial charge in [-0.2, -0.15) is 0 Å². The van der Waals surface area contributed by atoms with E-state index in [2.05, 4.69) is 67.8 Å². The maximum absolute atomic E-state index is 14.8. The van der Waals surface area contributed by atoms with E-state index in [1.54, 1.807) is 62.5 Å². The summed E-state index contributed by atoms with van der Waals surface area (Å²) in [5.41, 5.74) is 7.85. The molecule has 0 aliphatic carbocycles. The summed E-state index contributed by atoms with van der Waals surface area (Å²) in [5, 5.41) is 45.3. The number of aromatic hydroxyl groups is 1. The Hall–Kier alpha value is -8.72. The number of carbonyl (C=O) groups is 10. The monoisotopic (exact) mass is 1250 g/mol. The highest BCUT2D eigenvalue weighted by Crippen LogP contribution is 2.22. The molecular weight excluding hydrogens is 1160 g/mol. The molecule has 9 amide bonds. The molecule has 2 aliphatic rings. The first-order valence-electron chi connectivity index (χ1n) is 31.2. The van der Waals surface area contributed by atoms with Gasteiger partial charge in [0.05, 0.1) is 18.7 Å². The summed E-state index contributed by atoms with van der Waals surface area (Å²) in [6.45, 7) is 11.9. The van der Waals surface area contributed by atoms with E-state index in [-0.39, 0.29) is 81.4 Å². The predicted octanol–water partition coefficient (Wildman–Crippen LogP) is 0.692. The van der Waals surface area contributed by atoms with Crippen LogP contribution in [0.4, 0.5) is 0 Å². The Kier molecular flexibility index (Phi) is 27.3. The van der Waals surface area contributed by atoms with Crippen LogP contribution in [0.1, 0.15) is 122 Å². The molecule has 27 heteroatoms. The second-order valence-corrected chi connectivity index (χ2v) is 24.5. The summed E-state index contributed by atoms with van der Waals surface area (Å²) >= 11 is 0. The predicted molar refractivity (Wildman–Crippen MR) is 332 cm³/mol. The average molecular weight is 1250 g/mol. The molecule has 2 aromatic carbocycles. The van der Waals surface area contributed by atoms with E-state index in [1.807, 2.05) is 27.7 Å². The van der Waals surface area contributed by atoms with Crippen molar-refractivity contribution in [3.05, 3.63) is 102 Å². The molecule has 0 saturated carbocycles. The first kappa shape index (κ1) is 70.4. The largest absolute Gasteiger partial charge is 0.508 e. The van der Waals surface area contributed by atoms with E-state index in [1.165, 1.54) is 35.9 Å². The van der Waals surface area contributed by atoms with Gasteiger partial charge in [-0.25, -0.2) is 14.8 Å². The van der Waals surface area contributed by atoms with Crippen LogP contribution < -0.4 is 53.6 Å². The van der Waals surface area contributed by atoms with E-state index in [0.29, 0.717) is 61.3 Å². The molecule has 2 fully saturated rings. The van der Waals surface area contributed by atoms with Crippen molar-refractivity contribution in [2.75, 3.05) is 19.6 Å². The number of phenolic OH excluding ortho intramolecular Hbond substituents is 1. The number of nitrogens with one attached hydrogen (secondary N) is 11. The van der Waals surface area contributed by atoms with Gasteiger partial charge in [-0.1, -0.05) is 84.0 Å². The molecule has 490 valence electrons. The highest BCUT2D eigenvalue weighted by molar-refractivity contribution is 5.99. The number of likely N-dealkylation sites (tertiary alicyclic amines) is 1. The number of rotatable bonds is 35. The van der Waals surface area contributed by atoms with Crippen LogP contribution in [0.25, 0.3) is 0 Å². The van der Waals surface area contributed by atoms with Crippen molar-refractivity contribution in [2.24, 2.45) is 23.5 Å². The summed E-state index contributed by atoms with van der Waals surface area (Å²) in [4.78, 5) is 157. The molecular formula is C63H91N15O12. The topological polar surface area (TPSA) is 406 Å². The van der Waals surface area contributed by atoms with Crippen LogP contribution in [-0.4, -0.2) is 174 Å². The standard InChI is InChI=1S/C63H91N15O12/c1-36(2)26-46(55(81)72-47(27-37(3)4)59(85)77-53(38(5)6)61(87)75-49(29-40-19-21-43(79)22-20-40)56(82)70-45(63(89)90)16-10-11-23-64)71-58(84)50(30-41-32-65-34-68-41)73-57(83)48(28-39-14-8-7-9-15-39)74-60(86)52-18-13-25-78(52)62(88)51(31-42-33-66-35-69-42)76-54(80)44-17-12-24-67-44/h7-9,14-15,19-22,32-38,44-53,67,79H,10-13,16-18,23-31,64H2,1-6H3,(H,65,68)(H,66,69)(H,70,82)(H,71,84)(H,72,81)(H,73,83)(H,74,86)(H,75,87)(H,76,80)(H,77,85)(H,89,90). The van der Waals surface area contributed by atoms with E-state index < -0.39 is 120 Å². The van der Waals surface area contributed by atoms with Crippen LogP contribution in [0, 0.1) is 17.8 Å². The third-order valence-electron chi connectivity index (χ3n) is 15.8. The summed E-state index contributed by atoms with van der Waals surface area (Å²) in [7, 11) is 0. The number of nitrogens with zero attached hydrogens (tertiary/aromatic N) is 3. The van der Waals surface area contributed by atoms with E-state index in [0.717, 1.165) is 6.42 Å². The molecule has 27 nitrogen and oxygen atoms in total. The van der Waals surface area contributed by atoms with Gasteiger partial charge in [0.1, 0.15) is 60.1 Å². The van der Waals surface area contributed by atoms with Gasteiger partial charge in [-0.05, 0) is 112 Å². The average Bonchev–Trinajstić information content (AvgIpc) is 1.85. The normalized spacial score (nSPS) is 17.4. The van der Waals surface area contributed by atoms with E-state index in [9.17, 15) is 58.2 Å². The zero-order valence-corrected chi connectivity index (χ0v) is 52.2. The molecule has 0 spiro atoms. The summed E-state index contributed by atoms with van der Waals surface area (Å²) in [6.07, 6.45) is 9.01. The smallest absolute Gasteiger partial charge is 0.326 e. The van der Waals surface area contributed by atoms with Gasteiger partial charge in [0, 0.05) is 56.0 Å². The minimum absolute atomic E-state index is 0.0275. The van der Waals surface area contributed by atoms with Gasteiger partial charge in [-0.3, -0.25) is 43.2 Å². The highest BCUT2D eigenvalue weighted by Gasteiger charge is 2.41. The number of nitrogens with two attached hydrogens (primary N) is 1. The molecule has 15 N–H and O–H groups in total. The molecule has 0 radical (unpaired) electrons. The number of aliphatic carboxylic acids is 1. The molecule has 2 saturated heterocycles. The van der Waals surface area contributed by atoms with Crippen molar-refractivity contribution in [3.63, 3.8) is 0 Å². The number of unbranched alkanes of at least 4 members (excludes halogenated alkanes) is 1. The molecule has 4 aromatic rings. The fourth-order valence-electron chi connectivity index (χ4n) is 11.0. The van der Waals surface area contributed by atoms with Crippen molar-refractivity contribution in [1.82, 2.24) is 72.7 Å².